The molecule has 1 aromatic rings. The number of nitrogens with two attached hydrogens (primary N) is 1. The van der Waals surface area contributed by atoms with Gasteiger partial charge in [-0.1, -0.05) is 19.4 Å². The van der Waals surface area contributed by atoms with Gasteiger partial charge in [-0.25, -0.2) is 0 Å². The zero-order chi connectivity index (χ0) is 9.84. The van der Waals surface area contributed by atoms with Crippen LogP contribution in [0.5, 0.6) is 0 Å². The van der Waals surface area contributed by atoms with Crippen molar-refractivity contribution in [1.29, 1.82) is 0 Å². The Morgan fingerprint density at radius 3 is 2.77 bits per heavy atom. The molecular formula is C10H12NO2-. The number of carbonyl (C=O) groups is 1. The predicted molar refractivity (Wildman–Crippen MR) is 49.2 cm³/mol. The van der Waals surface area contributed by atoms with Crippen LogP contribution >= 0.6 is 0 Å². The van der Waals surface area contributed by atoms with E-state index in [4.69, 9.17) is 5.73 Å². The summed E-state index contributed by atoms with van der Waals surface area (Å²) in [6, 6.07) is 4.76. The molecular weight excluding hydrogens is 166 g/mol. The van der Waals surface area contributed by atoms with E-state index in [9.17, 15) is 9.90 Å². The number of rotatable bonds is 3. The molecule has 1 aromatic carbocycles. The van der Waals surface area contributed by atoms with E-state index in [-0.39, 0.29) is 5.56 Å². The first-order valence-corrected chi connectivity index (χ1v) is 4.25. The molecule has 3 heteroatoms. The second kappa shape index (κ2) is 3.94. The molecule has 13 heavy (non-hydrogen) atoms. The van der Waals surface area contributed by atoms with Crippen LogP contribution in [0.1, 0.15) is 29.3 Å². The number of hydrogen-bond acceptors (Lipinski definition) is 3. The van der Waals surface area contributed by atoms with Gasteiger partial charge in [-0.3, -0.25) is 0 Å². The third kappa shape index (κ3) is 2.21. The molecule has 0 atom stereocenters. The summed E-state index contributed by atoms with van der Waals surface area (Å²) in [5.74, 6) is -1.14. The van der Waals surface area contributed by atoms with E-state index in [1.165, 1.54) is 6.07 Å². The van der Waals surface area contributed by atoms with Crippen molar-refractivity contribution >= 4 is 11.7 Å². The fraction of sp³-hybridized carbons (Fsp3) is 0.300. The van der Waals surface area contributed by atoms with Gasteiger partial charge in [-0.2, -0.15) is 0 Å². The molecule has 0 unspecified atom stereocenters. The second-order valence-corrected chi connectivity index (χ2v) is 2.95. The lowest BCUT2D eigenvalue weighted by molar-refractivity contribution is -0.255. The molecule has 0 saturated heterocycles. The molecule has 0 aromatic heterocycles. The minimum absolute atomic E-state index is 0.246. The lowest BCUT2D eigenvalue weighted by Crippen LogP contribution is -2.23. The molecule has 0 saturated carbocycles. The smallest absolute Gasteiger partial charge is 0.0718 e. The SMILES string of the molecule is CCCc1cc(N)ccc1C(=O)[O-]. The second-order valence-electron chi connectivity index (χ2n) is 2.95. The fourth-order valence-corrected chi connectivity index (χ4v) is 1.29. The van der Waals surface area contributed by atoms with Gasteiger partial charge in [-0.05, 0) is 24.1 Å². The van der Waals surface area contributed by atoms with Crippen molar-refractivity contribution in [2.24, 2.45) is 0 Å². The van der Waals surface area contributed by atoms with E-state index in [2.05, 4.69) is 0 Å². The van der Waals surface area contributed by atoms with Crippen molar-refractivity contribution < 1.29 is 9.90 Å². The van der Waals surface area contributed by atoms with Crippen LogP contribution in [0.2, 0.25) is 0 Å². The molecule has 0 fully saturated rings. The van der Waals surface area contributed by atoms with Crippen LogP contribution in [0, 0.1) is 0 Å². The minimum Gasteiger partial charge on any atom is -0.545 e. The summed E-state index contributed by atoms with van der Waals surface area (Å²) in [4.78, 5) is 10.7. The lowest BCUT2D eigenvalue weighted by Gasteiger charge is -2.09. The number of aromatic carboxylic acids is 1. The standard InChI is InChI=1S/C10H13NO2/c1-2-3-7-6-8(11)4-5-9(7)10(12)13/h4-6H,2-3,11H2,1H3,(H,12,13)/p-1. The first-order chi connectivity index (χ1) is 6.15. The van der Waals surface area contributed by atoms with Crippen molar-refractivity contribution in [2.45, 2.75) is 19.8 Å². The Labute approximate surface area is 77.2 Å². The fourth-order valence-electron chi connectivity index (χ4n) is 1.29. The number of carboxylic acids is 1. The van der Waals surface area contributed by atoms with Crippen LogP contribution in [-0.2, 0) is 6.42 Å². The third-order valence-corrected chi connectivity index (χ3v) is 1.87. The van der Waals surface area contributed by atoms with Crippen LogP contribution in [0.3, 0.4) is 0 Å². The van der Waals surface area contributed by atoms with E-state index in [1.807, 2.05) is 6.92 Å². The largest absolute Gasteiger partial charge is 0.545 e. The van der Waals surface area contributed by atoms with Crippen LogP contribution < -0.4 is 10.8 Å². The van der Waals surface area contributed by atoms with Crippen molar-refractivity contribution in [3.63, 3.8) is 0 Å². The highest BCUT2D eigenvalue weighted by Gasteiger charge is 2.02. The molecule has 0 aliphatic carbocycles. The quantitative estimate of drug-likeness (QED) is 0.688. The van der Waals surface area contributed by atoms with Gasteiger partial charge in [0.2, 0.25) is 0 Å². The molecule has 0 heterocycles. The van der Waals surface area contributed by atoms with E-state index < -0.39 is 5.97 Å². The van der Waals surface area contributed by atoms with Gasteiger partial charge in [0.05, 0.1) is 5.97 Å². The van der Waals surface area contributed by atoms with Crippen molar-refractivity contribution in [2.75, 3.05) is 5.73 Å². The molecule has 1 rings (SSSR count). The number of carboxylic acid groups (broad SMARTS) is 1. The van der Waals surface area contributed by atoms with E-state index in [0.29, 0.717) is 12.1 Å². The molecule has 70 valence electrons. The van der Waals surface area contributed by atoms with E-state index in [1.54, 1.807) is 12.1 Å². The number of anilines is 1. The van der Waals surface area contributed by atoms with Crippen molar-refractivity contribution in [1.82, 2.24) is 0 Å². The molecule has 0 aliphatic rings. The summed E-state index contributed by atoms with van der Waals surface area (Å²) in [6.07, 6.45) is 1.61. The highest BCUT2D eigenvalue weighted by molar-refractivity contribution is 5.88. The molecule has 0 bridgehead atoms. The van der Waals surface area contributed by atoms with Crippen LogP contribution in [0.4, 0.5) is 5.69 Å². The summed E-state index contributed by atoms with van der Waals surface area (Å²) in [6.45, 7) is 1.99. The van der Waals surface area contributed by atoms with Crippen LogP contribution in [0.25, 0.3) is 0 Å². The van der Waals surface area contributed by atoms with Crippen molar-refractivity contribution in [3.05, 3.63) is 29.3 Å². The van der Waals surface area contributed by atoms with Gasteiger partial charge in [0.1, 0.15) is 0 Å². The Kier molecular flexibility index (Phi) is 2.90. The summed E-state index contributed by atoms with van der Waals surface area (Å²) in [5.41, 5.74) is 7.13. The average Bonchev–Trinajstić information content (AvgIpc) is 2.04. The average molecular weight is 178 g/mol. The number of nitrogen functional groups attached to an aromatic ring is 1. The number of hydrogen-bond donors (Lipinski definition) is 1. The van der Waals surface area contributed by atoms with Gasteiger partial charge in [-0.15, -0.1) is 0 Å². The predicted octanol–water partition coefficient (Wildman–Crippen LogP) is 0.585. The molecule has 0 amide bonds. The first-order valence-electron chi connectivity index (χ1n) is 4.25. The number of carbonyl (C=O) groups excluding carboxylic acids is 1. The Bertz CT molecular complexity index is 321. The van der Waals surface area contributed by atoms with Crippen LogP contribution in [-0.4, -0.2) is 5.97 Å². The highest BCUT2D eigenvalue weighted by atomic mass is 16.4. The zero-order valence-corrected chi connectivity index (χ0v) is 7.54. The maximum Gasteiger partial charge on any atom is 0.0718 e. The molecule has 0 radical (unpaired) electrons. The number of aryl methyl sites for hydroxylation is 1. The van der Waals surface area contributed by atoms with E-state index in [0.717, 1.165) is 12.0 Å². The summed E-state index contributed by atoms with van der Waals surface area (Å²) in [5, 5.41) is 10.7. The number of benzene rings is 1. The Hall–Kier alpha value is -1.51. The van der Waals surface area contributed by atoms with Gasteiger partial charge in [0.25, 0.3) is 0 Å². The first kappa shape index (κ1) is 9.58. The van der Waals surface area contributed by atoms with Gasteiger partial charge < -0.3 is 15.6 Å². The molecule has 3 nitrogen and oxygen atoms in total. The van der Waals surface area contributed by atoms with Crippen LogP contribution in [0.15, 0.2) is 18.2 Å². The van der Waals surface area contributed by atoms with E-state index >= 15 is 0 Å². The summed E-state index contributed by atoms with van der Waals surface area (Å²) < 4.78 is 0. The van der Waals surface area contributed by atoms with Crippen molar-refractivity contribution in [3.8, 4) is 0 Å². The van der Waals surface area contributed by atoms with Gasteiger partial charge >= 0.3 is 0 Å². The molecule has 2 N–H and O–H groups in total. The zero-order valence-electron chi connectivity index (χ0n) is 7.54. The lowest BCUT2D eigenvalue weighted by atomic mass is 10.0. The Morgan fingerprint density at radius 2 is 2.23 bits per heavy atom. The highest BCUT2D eigenvalue weighted by Crippen LogP contribution is 2.14. The third-order valence-electron chi connectivity index (χ3n) is 1.87. The maximum atomic E-state index is 10.7. The Balaban J connectivity index is 3.10. The maximum absolute atomic E-state index is 10.7. The van der Waals surface area contributed by atoms with Gasteiger partial charge in [0, 0.05) is 11.3 Å². The summed E-state index contributed by atoms with van der Waals surface area (Å²) >= 11 is 0. The molecule has 0 spiro atoms. The topological polar surface area (TPSA) is 66.2 Å². The summed E-state index contributed by atoms with van der Waals surface area (Å²) in [7, 11) is 0. The monoisotopic (exact) mass is 178 g/mol. The van der Waals surface area contributed by atoms with Gasteiger partial charge in [0.15, 0.2) is 0 Å². The normalized spacial score (nSPS) is 9.92. The minimum atomic E-state index is -1.14. The Morgan fingerprint density at radius 1 is 1.54 bits per heavy atom. The molecule has 0 aliphatic heterocycles.